The topological polar surface area (TPSA) is 68.9 Å². The van der Waals surface area contributed by atoms with E-state index in [-0.39, 0.29) is 5.56 Å². The summed E-state index contributed by atoms with van der Waals surface area (Å²) in [6.07, 6.45) is 0. The number of amides is 1. The van der Waals surface area contributed by atoms with Gasteiger partial charge in [-0.3, -0.25) is 4.79 Å². The Kier molecular flexibility index (Phi) is 2.72. The number of aromatic nitrogens is 2. The van der Waals surface area contributed by atoms with E-state index in [0.717, 1.165) is 4.70 Å². The van der Waals surface area contributed by atoms with E-state index in [9.17, 15) is 9.18 Å². The summed E-state index contributed by atoms with van der Waals surface area (Å²) in [7, 11) is 0. The minimum atomic E-state index is -0.783. The molecule has 19 heavy (non-hydrogen) atoms. The largest absolute Gasteiger partial charge is 0.366 e. The SMILES string of the molecule is NC(=O)c1cccc(-c2cccc3nnsc23)c1F. The molecular formula is C13H8FN3OS. The zero-order chi connectivity index (χ0) is 13.4. The Morgan fingerprint density at radius 3 is 2.68 bits per heavy atom. The molecule has 1 heterocycles. The molecule has 0 spiro atoms. The smallest absolute Gasteiger partial charge is 0.251 e. The molecule has 3 aromatic rings. The van der Waals surface area contributed by atoms with Crippen molar-refractivity contribution in [3.8, 4) is 11.1 Å². The number of nitrogens with two attached hydrogens (primary N) is 1. The third-order valence-corrected chi connectivity index (χ3v) is 3.60. The van der Waals surface area contributed by atoms with Crippen molar-refractivity contribution >= 4 is 27.7 Å². The quantitative estimate of drug-likeness (QED) is 0.780. The number of carbonyl (C=O) groups excluding carboxylic acids is 1. The fraction of sp³-hybridized carbons (Fsp3) is 0. The summed E-state index contributed by atoms with van der Waals surface area (Å²) >= 11 is 1.19. The van der Waals surface area contributed by atoms with Crippen LogP contribution in [0.1, 0.15) is 10.4 Å². The lowest BCUT2D eigenvalue weighted by Gasteiger charge is -2.06. The lowest BCUT2D eigenvalue weighted by atomic mass is 10.0. The van der Waals surface area contributed by atoms with Crippen molar-refractivity contribution in [1.29, 1.82) is 0 Å². The average Bonchev–Trinajstić information content (AvgIpc) is 2.87. The summed E-state index contributed by atoms with van der Waals surface area (Å²) in [5.74, 6) is -1.40. The lowest BCUT2D eigenvalue weighted by Crippen LogP contribution is -2.13. The van der Waals surface area contributed by atoms with Crippen molar-refractivity contribution in [3.63, 3.8) is 0 Å². The van der Waals surface area contributed by atoms with Gasteiger partial charge < -0.3 is 5.73 Å². The van der Waals surface area contributed by atoms with E-state index in [1.165, 1.54) is 17.6 Å². The van der Waals surface area contributed by atoms with Crippen molar-refractivity contribution in [2.24, 2.45) is 5.73 Å². The van der Waals surface area contributed by atoms with Gasteiger partial charge in [0.1, 0.15) is 11.3 Å². The number of primary amides is 1. The number of hydrogen-bond donors (Lipinski definition) is 1. The van der Waals surface area contributed by atoms with Crippen molar-refractivity contribution in [3.05, 3.63) is 47.8 Å². The first-order chi connectivity index (χ1) is 9.18. The molecule has 2 aromatic carbocycles. The second-order valence-electron chi connectivity index (χ2n) is 3.96. The Hall–Kier alpha value is -2.34. The Labute approximate surface area is 111 Å². The highest BCUT2D eigenvalue weighted by molar-refractivity contribution is 7.13. The second-order valence-corrected chi connectivity index (χ2v) is 4.71. The minimum absolute atomic E-state index is 0.119. The highest BCUT2D eigenvalue weighted by Gasteiger charge is 2.16. The van der Waals surface area contributed by atoms with Gasteiger partial charge >= 0.3 is 0 Å². The van der Waals surface area contributed by atoms with E-state index in [0.29, 0.717) is 16.6 Å². The normalized spacial score (nSPS) is 10.8. The number of nitrogens with zero attached hydrogens (tertiary/aromatic N) is 2. The lowest BCUT2D eigenvalue weighted by molar-refractivity contribution is 0.0996. The molecule has 0 aliphatic rings. The maximum Gasteiger partial charge on any atom is 0.251 e. The molecule has 6 heteroatoms. The number of benzene rings is 2. The molecule has 2 N–H and O–H groups in total. The summed E-state index contributed by atoms with van der Waals surface area (Å²) < 4.78 is 18.9. The Morgan fingerprint density at radius 1 is 1.16 bits per heavy atom. The van der Waals surface area contributed by atoms with Crippen LogP contribution in [0, 0.1) is 5.82 Å². The standard InChI is InChI=1S/C13H8FN3OS/c14-11-7(3-1-5-9(11)13(15)18)8-4-2-6-10-12(8)19-17-16-10/h1-6H,(H2,15,18). The first kappa shape index (κ1) is 11.7. The molecule has 0 radical (unpaired) electrons. The summed E-state index contributed by atoms with van der Waals surface area (Å²) in [6, 6.07) is 9.92. The van der Waals surface area contributed by atoms with Crippen molar-refractivity contribution < 1.29 is 9.18 Å². The molecule has 0 saturated heterocycles. The number of hydrogen-bond acceptors (Lipinski definition) is 4. The van der Waals surface area contributed by atoms with Crippen LogP contribution in [0.5, 0.6) is 0 Å². The maximum atomic E-state index is 14.3. The van der Waals surface area contributed by atoms with E-state index in [1.807, 2.05) is 0 Å². The van der Waals surface area contributed by atoms with E-state index in [2.05, 4.69) is 9.59 Å². The minimum Gasteiger partial charge on any atom is -0.366 e. The van der Waals surface area contributed by atoms with Gasteiger partial charge in [0.2, 0.25) is 0 Å². The number of fused-ring (bicyclic) bond motifs is 1. The second kappa shape index (κ2) is 4.40. The Morgan fingerprint density at radius 2 is 1.89 bits per heavy atom. The van der Waals surface area contributed by atoms with Gasteiger partial charge in [-0.25, -0.2) is 4.39 Å². The number of carbonyl (C=O) groups is 1. The monoisotopic (exact) mass is 273 g/mol. The molecule has 0 aliphatic heterocycles. The van der Waals surface area contributed by atoms with Crippen LogP contribution in [0.3, 0.4) is 0 Å². The van der Waals surface area contributed by atoms with Crippen LogP contribution < -0.4 is 5.73 Å². The summed E-state index contributed by atoms with van der Waals surface area (Å²) in [6.45, 7) is 0. The van der Waals surface area contributed by atoms with Gasteiger partial charge in [-0.05, 0) is 23.7 Å². The molecule has 94 valence electrons. The van der Waals surface area contributed by atoms with Gasteiger partial charge in [0, 0.05) is 11.1 Å². The zero-order valence-electron chi connectivity index (χ0n) is 9.63. The van der Waals surface area contributed by atoms with Crippen LogP contribution in [-0.2, 0) is 0 Å². The molecule has 4 nitrogen and oxygen atoms in total. The first-order valence-corrected chi connectivity index (χ1v) is 6.25. The summed E-state index contributed by atoms with van der Waals surface area (Å²) in [5.41, 5.74) is 6.72. The van der Waals surface area contributed by atoms with Crippen molar-refractivity contribution in [2.75, 3.05) is 0 Å². The van der Waals surface area contributed by atoms with Gasteiger partial charge in [0.15, 0.2) is 0 Å². The summed E-state index contributed by atoms with van der Waals surface area (Å²) in [4.78, 5) is 11.2. The van der Waals surface area contributed by atoms with Crippen LogP contribution in [0.4, 0.5) is 4.39 Å². The predicted molar refractivity (Wildman–Crippen MR) is 71.3 cm³/mol. The van der Waals surface area contributed by atoms with Gasteiger partial charge in [-0.1, -0.05) is 28.8 Å². The zero-order valence-corrected chi connectivity index (χ0v) is 10.4. The maximum absolute atomic E-state index is 14.3. The van der Waals surface area contributed by atoms with Gasteiger partial charge in [-0.2, -0.15) is 0 Å². The van der Waals surface area contributed by atoms with Crippen LogP contribution in [0.25, 0.3) is 21.3 Å². The van der Waals surface area contributed by atoms with Crippen LogP contribution in [0.2, 0.25) is 0 Å². The molecule has 0 unspecified atom stereocenters. The fourth-order valence-electron chi connectivity index (χ4n) is 1.95. The Bertz CT molecular complexity index is 784. The molecular weight excluding hydrogens is 265 g/mol. The molecule has 0 fully saturated rings. The van der Waals surface area contributed by atoms with Crippen molar-refractivity contribution in [2.45, 2.75) is 0 Å². The molecule has 0 saturated carbocycles. The third-order valence-electron chi connectivity index (χ3n) is 2.83. The van der Waals surface area contributed by atoms with Crippen molar-refractivity contribution in [1.82, 2.24) is 9.59 Å². The summed E-state index contributed by atoms with van der Waals surface area (Å²) in [5, 5.41) is 3.95. The predicted octanol–water partition coefficient (Wildman–Crippen LogP) is 2.60. The van der Waals surface area contributed by atoms with E-state index in [1.54, 1.807) is 30.3 Å². The first-order valence-electron chi connectivity index (χ1n) is 5.48. The van der Waals surface area contributed by atoms with E-state index >= 15 is 0 Å². The van der Waals surface area contributed by atoms with Gasteiger partial charge in [0.05, 0.1) is 10.3 Å². The molecule has 0 bridgehead atoms. The van der Waals surface area contributed by atoms with Crippen LogP contribution in [-0.4, -0.2) is 15.5 Å². The molecule has 0 aliphatic carbocycles. The van der Waals surface area contributed by atoms with Gasteiger partial charge in [0.25, 0.3) is 5.91 Å². The highest BCUT2D eigenvalue weighted by atomic mass is 32.1. The third kappa shape index (κ3) is 1.86. The number of rotatable bonds is 2. The van der Waals surface area contributed by atoms with Crippen LogP contribution in [0.15, 0.2) is 36.4 Å². The van der Waals surface area contributed by atoms with E-state index < -0.39 is 11.7 Å². The number of halogens is 1. The molecule has 3 rings (SSSR count). The Balaban J connectivity index is 2.30. The highest BCUT2D eigenvalue weighted by Crippen LogP contribution is 2.32. The molecule has 0 atom stereocenters. The van der Waals surface area contributed by atoms with Crippen LogP contribution >= 0.6 is 11.5 Å². The van der Waals surface area contributed by atoms with Gasteiger partial charge in [-0.15, -0.1) is 5.10 Å². The van der Waals surface area contributed by atoms with E-state index in [4.69, 9.17) is 5.73 Å². The molecule has 1 aromatic heterocycles. The molecule has 1 amide bonds. The fourth-order valence-corrected chi connectivity index (χ4v) is 2.64. The average molecular weight is 273 g/mol.